The van der Waals surface area contributed by atoms with Gasteiger partial charge in [-0.05, 0) is 48.9 Å². The van der Waals surface area contributed by atoms with Crippen molar-refractivity contribution in [1.82, 2.24) is 0 Å². The molecule has 0 saturated carbocycles. The summed E-state index contributed by atoms with van der Waals surface area (Å²) in [4.78, 5) is 1.01. The zero-order chi connectivity index (χ0) is 15.3. The molecule has 0 aliphatic heterocycles. The lowest BCUT2D eigenvalue weighted by molar-refractivity contribution is 0.602. The summed E-state index contributed by atoms with van der Waals surface area (Å²) in [5.41, 5.74) is 7.93. The number of hydrogen-bond acceptors (Lipinski definition) is 4. The Balaban J connectivity index is 1.88. The summed E-state index contributed by atoms with van der Waals surface area (Å²) in [6.07, 6.45) is 0. The van der Waals surface area contributed by atoms with Crippen LogP contribution in [0.5, 0.6) is 0 Å². The first-order valence-electron chi connectivity index (χ1n) is 6.50. The minimum absolute atomic E-state index is 0.0655. The smallest absolute Gasteiger partial charge is 0.233 e. The number of sulfonamides is 1. The van der Waals surface area contributed by atoms with E-state index in [0.717, 1.165) is 10.5 Å². The number of benzene rings is 2. The van der Waals surface area contributed by atoms with E-state index in [9.17, 15) is 8.42 Å². The van der Waals surface area contributed by atoms with Crippen LogP contribution in [0, 0.1) is 6.92 Å². The van der Waals surface area contributed by atoms with Gasteiger partial charge in [0.1, 0.15) is 0 Å². The number of anilines is 2. The number of thioether (sulfide) groups is 1. The van der Waals surface area contributed by atoms with Crippen LogP contribution in [0.1, 0.15) is 5.56 Å². The third kappa shape index (κ3) is 5.32. The normalized spacial score (nSPS) is 11.3. The Bertz CT molecular complexity index is 698. The fourth-order valence-corrected chi connectivity index (χ4v) is 4.14. The lowest BCUT2D eigenvalue weighted by atomic mass is 10.2. The summed E-state index contributed by atoms with van der Waals surface area (Å²) in [5, 5.41) is 0. The van der Waals surface area contributed by atoms with E-state index < -0.39 is 10.0 Å². The van der Waals surface area contributed by atoms with Gasteiger partial charge in [-0.3, -0.25) is 4.72 Å². The van der Waals surface area contributed by atoms with E-state index in [1.807, 2.05) is 49.4 Å². The molecule has 21 heavy (non-hydrogen) atoms. The van der Waals surface area contributed by atoms with Crippen LogP contribution in [0.15, 0.2) is 53.4 Å². The van der Waals surface area contributed by atoms with Crippen molar-refractivity contribution in [3.05, 3.63) is 54.1 Å². The molecule has 112 valence electrons. The third-order valence-corrected chi connectivity index (χ3v) is 5.35. The fourth-order valence-electron chi connectivity index (χ4n) is 1.77. The Labute approximate surface area is 129 Å². The molecule has 3 N–H and O–H groups in total. The molecular formula is C15H18N2O2S2. The van der Waals surface area contributed by atoms with Crippen molar-refractivity contribution in [2.24, 2.45) is 0 Å². The topological polar surface area (TPSA) is 72.2 Å². The number of nitrogens with one attached hydrogen (secondary N) is 1. The minimum atomic E-state index is -3.33. The van der Waals surface area contributed by atoms with Crippen LogP contribution < -0.4 is 10.5 Å². The summed E-state index contributed by atoms with van der Waals surface area (Å²) in [5.74, 6) is 0.557. The van der Waals surface area contributed by atoms with Crippen molar-refractivity contribution in [3.8, 4) is 0 Å². The average Bonchev–Trinajstić information content (AvgIpc) is 2.40. The van der Waals surface area contributed by atoms with E-state index in [4.69, 9.17) is 5.73 Å². The molecule has 0 aromatic heterocycles. The molecule has 4 nitrogen and oxygen atoms in total. The van der Waals surface area contributed by atoms with Crippen LogP contribution >= 0.6 is 11.8 Å². The molecule has 0 radical (unpaired) electrons. The zero-order valence-corrected chi connectivity index (χ0v) is 13.4. The summed E-state index contributed by atoms with van der Waals surface area (Å²) in [6, 6.07) is 14.7. The van der Waals surface area contributed by atoms with Gasteiger partial charge in [0.2, 0.25) is 10.0 Å². The van der Waals surface area contributed by atoms with E-state index in [1.54, 1.807) is 6.07 Å². The maximum absolute atomic E-state index is 12.0. The molecule has 0 fully saturated rings. The first-order chi connectivity index (χ1) is 9.94. The molecule has 0 saturated heterocycles. The Morgan fingerprint density at radius 3 is 2.52 bits per heavy atom. The highest BCUT2D eigenvalue weighted by Crippen LogP contribution is 2.20. The van der Waals surface area contributed by atoms with Gasteiger partial charge in [0.25, 0.3) is 0 Å². The molecule has 0 unspecified atom stereocenters. The van der Waals surface area contributed by atoms with Crippen molar-refractivity contribution in [1.29, 1.82) is 0 Å². The first kappa shape index (κ1) is 15.7. The molecule has 6 heteroatoms. The molecule has 0 aliphatic carbocycles. The minimum Gasteiger partial charge on any atom is -0.399 e. The van der Waals surface area contributed by atoms with Crippen molar-refractivity contribution >= 4 is 33.2 Å². The number of hydrogen-bond donors (Lipinski definition) is 2. The standard InChI is InChI=1S/C15H18N2O2S2/c1-12-3-2-4-14(11-12)17-21(18,19)10-9-20-15-7-5-13(16)6-8-15/h2-8,11,17H,9-10,16H2,1H3. The third-order valence-electron chi connectivity index (χ3n) is 2.79. The molecule has 2 rings (SSSR count). The van der Waals surface area contributed by atoms with Crippen molar-refractivity contribution in [2.45, 2.75) is 11.8 Å². The first-order valence-corrected chi connectivity index (χ1v) is 9.14. The van der Waals surface area contributed by atoms with Gasteiger partial charge < -0.3 is 5.73 Å². The van der Waals surface area contributed by atoms with Crippen LogP contribution in [0.4, 0.5) is 11.4 Å². The van der Waals surface area contributed by atoms with E-state index in [-0.39, 0.29) is 5.75 Å². The van der Waals surface area contributed by atoms with Gasteiger partial charge in [0, 0.05) is 22.0 Å². The number of nitrogens with two attached hydrogens (primary N) is 1. The predicted molar refractivity (Wildman–Crippen MR) is 90.2 cm³/mol. The molecular weight excluding hydrogens is 304 g/mol. The summed E-state index contributed by atoms with van der Waals surface area (Å²) >= 11 is 1.49. The highest BCUT2D eigenvalue weighted by atomic mass is 32.2. The Morgan fingerprint density at radius 2 is 1.86 bits per heavy atom. The van der Waals surface area contributed by atoms with Gasteiger partial charge in [0.05, 0.1) is 5.75 Å². The second kappa shape index (κ2) is 6.87. The van der Waals surface area contributed by atoms with Crippen molar-refractivity contribution in [2.75, 3.05) is 22.0 Å². The van der Waals surface area contributed by atoms with Crippen LogP contribution in [0.3, 0.4) is 0 Å². The Kier molecular flexibility index (Phi) is 5.14. The van der Waals surface area contributed by atoms with Crippen molar-refractivity contribution < 1.29 is 8.42 Å². The van der Waals surface area contributed by atoms with Gasteiger partial charge >= 0.3 is 0 Å². The maximum atomic E-state index is 12.0. The van der Waals surface area contributed by atoms with Crippen LogP contribution in [-0.4, -0.2) is 19.9 Å². The number of nitrogen functional groups attached to an aromatic ring is 1. The molecule has 0 bridgehead atoms. The molecule has 0 spiro atoms. The zero-order valence-electron chi connectivity index (χ0n) is 11.7. The van der Waals surface area contributed by atoms with Gasteiger partial charge in [-0.1, -0.05) is 12.1 Å². The SMILES string of the molecule is Cc1cccc(NS(=O)(=O)CCSc2ccc(N)cc2)c1. The van der Waals surface area contributed by atoms with Gasteiger partial charge in [-0.25, -0.2) is 8.42 Å². The Hall–Kier alpha value is -1.66. The van der Waals surface area contributed by atoms with Crippen LogP contribution in [0.25, 0.3) is 0 Å². The lowest BCUT2D eigenvalue weighted by Crippen LogP contribution is -2.18. The van der Waals surface area contributed by atoms with E-state index in [0.29, 0.717) is 17.1 Å². The molecule has 0 atom stereocenters. The molecule has 0 aliphatic rings. The second-order valence-corrected chi connectivity index (χ2v) is 7.72. The van der Waals surface area contributed by atoms with Gasteiger partial charge in [0.15, 0.2) is 0 Å². The van der Waals surface area contributed by atoms with Crippen molar-refractivity contribution in [3.63, 3.8) is 0 Å². The van der Waals surface area contributed by atoms with E-state index in [2.05, 4.69) is 4.72 Å². The quantitative estimate of drug-likeness (QED) is 0.633. The highest BCUT2D eigenvalue weighted by Gasteiger charge is 2.10. The highest BCUT2D eigenvalue weighted by molar-refractivity contribution is 8.01. The summed E-state index contributed by atoms with van der Waals surface area (Å²) in [6.45, 7) is 1.93. The van der Waals surface area contributed by atoms with Crippen LogP contribution in [0.2, 0.25) is 0 Å². The van der Waals surface area contributed by atoms with Gasteiger partial charge in [-0.2, -0.15) is 0 Å². The summed E-state index contributed by atoms with van der Waals surface area (Å²) < 4.78 is 26.6. The molecule has 0 heterocycles. The lowest BCUT2D eigenvalue weighted by Gasteiger charge is -2.08. The van der Waals surface area contributed by atoms with Crippen LogP contribution in [-0.2, 0) is 10.0 Å². The summed E-state index contributed by atoms with van der Waals surface area (Å²) in [7, 11) is -3.33. The molecule has 2 aromatic carbocycles. The largest absolute Gasteiger partial charge is 0.399 e. The maximum Gasteiger partial charge on any atom is 0.233 e. The predicted octanol–water partition coefficient (Wildman–Crippen LogP) is 3.11. The second-order valence-electron chi connectivity index (χ2n) is 4.71. The average molecular weight is 322 g/mol. The number of rotatable bonds is 6. The fraction of sp³-hybridized carbons (Fsp3) is 0.200. The van der Waals surface area contributed by atoms with Gasteiger partial charge in [-0.15, -0.1) is 11.8 Å². The van der Waals surface area contributed by atoms with E-state index in [1.165, 1.54) is 11.8 Å². The Morgan fingerprint density at radius 1 is 1.14 bits per heavy atom. The monoisotopic (exact) mass is 322 g/mol. The molecule has 0 amide bonds. The molecule has 2 aromatic rings. The number of aryl methyl sites for hydroxylation is 1. The van der Waals surface area contributed by atoms with E-state index >= 15 is 0 Å².